The maximum absolute atomic E-state index is 12.5. The summed E-state index contributed by atoms with van der Waals surface area (Å²) < 4.78 is 0. The molecular weight excluding hydrogens is 310 g/mol. The van der Waals surface area contributed by atoms with E-state index in [1.807, 2.05) is 6.92 Å². The molecule has 0 radical (unpaired) electrons. The van der Waals surface area contributed by atoms with E-state index in [0.717, 1.165) is 19.4 Å². The number of rotatable bonds is 8. The van der Waals surface area contributed by atoms with Crippen molar-refractivity contribution in [2.24, 2.45) is 5.92 Å². The largest absolute Gasteiger partial charge is 0.333 e. The first-order valence-corrected chi connectivity index (χ1v) is 9.57. The molecule has 2 aliphatic rings. The Balaban J connectivity index is 1.60. The average Bonchev–Trinajstić information content (AvgIpc) is 3.47. The minimum atomic E-state index is -0.690. The molecule has 1 aromatic carbocycles. The van der Waals surface area contributed by atoms with Crippen LogP contribution in [0.25, 0.3) is 0 Å². The molecule has 0 aromatic heterocycles. The highest BCUT2D eigenvalue weighted by Gasteiger charge is 2.44. The SMILES string of the molecule is CC(C)c1ccc(C[NH+](CC(=O)N[C@@](C)(C#N)C2CC2)C2CC2)cc1. The maximum atomic E-state index is 12.5. The fraction of sp³-hybridized carbons (Fsp3) is 0.619. The summed E-state index contributed by atoms with van der Waals surface area (Å²) in [4.78, 5) is 13.9. The number of nitrogens with one attached hydrogen (secondary N) is 2. The minimum Gasteiger partial charge on any atom is -0.333 e. The van der Waals surface area contributed by atoms with Crippen LogP contribution in [0.4, 0.5) is 0 Å². The van der Waals surface area contributed by atoms with Crippen LogP contribution in [0.2, 0.25) is 0 Å². The number of benzene rings is 1. The monoisotopic (exact) mass is 340 g/mol. The van der Waals surface area contributed by atoms with E-state index in [0.29, 0.717) is 24.4 Å². The van der Waals surface area contributed by atoms with Crippen molar-refractivity contribution in [3.05, 3.63) is 35.4 Å². The number of amides is 1. The lowest BCUT2D eigenvalue weighted by Gasteiger charge is -2.25. The van der Waals surface area contributed by atoms with Crippen molar-refractivity contribution in [1.29, 1.82) is 5.26 Å². The standard InChI is InChI=1S/C21H29N3O/c1-15(2)17-6-4-16(5-7-17)12-24(19-10-11-19)13-20(25)23-21(3,14-22)18-8-9-18/h4-7,15,18-19H,8-13H2,1-3H3,(H,23,25)/p+1/t21-/m0/s1. The third-order valence-electron chi connectivity index (χ3n) is 5.65. The van der Waals surface area contributed by atoms with Crippen LogP contribution in [0.3, 0.4) is 0 Å². The van der Waals surface area contributed by atoms with Gasteiger partial charge in [-0.05, 0) is 37.2 Å². The van der Waals surface area contributed by atoms with Crippen LogP contribution in [-0.2, 0) is 11.3 Å². The molecule has 4 heteroatoms. The van der Waals surface area contributed by atoms with Crippen molar-refractivity contribution in [2.45, 2.75) is 70.5 Å². The Morgan fingerprint density at radius 2 is 1.92 bits per heavy atom. The number of quaternary nitrogens is 1. The quantitative estimate of drug-likeness (QED) is 0.762. The number of carbonyl (C=O) groups is 1. The first kappa shape index (κ1) is 17.9. The van der Waals surface area contributed by atoms with Crippen molar-refractivity contribution in [3.8, 4) is 6.07 Å². The lowest BCUT2D eigenvalue weighted by atomic mass is 9.98. The predicted octanol–water partition coefficient (Wildman–Crippen LogP) is 2.17. The molecule has 25 heavy (non-hydrogen) atoms. The van der Waals surface area contributed by atoms with Gasteiger partial charge in [0.2, 0.25) is 0 Å². The lowest BCUT2D eigenvalue weighted by molar-refractivity contribution is -0.917. The molecule has 0 heterocycles. The number of carbonyl (C=O) groups excluding carboxylic acids is 1. The molecule has 0 aliphatic heterocycles. The van der Waals surface area contributed by atoms with Gasteiger partial charge in [0.15, 0.2) is 6.54 Å². The Labute approximate surface area is 151 Å². The second-order valence-electron chi connectivity index (χ2n) is 8.32. The smallest absolute Gasteiger partial charge is 0.276 e. The maximum Gasteiger partial charge on any atom is 0.276 e. The normalized spacial score (nSPS) is 20.6. The van der Waals surface area contributed by atoms with Gasteiger partial charge < -0.3 is 10.2 Å². The van der Waals surface area contributed by atoms with E-state index < -0.39 is 5.54 Å². The third kappa shape index (κ3) is 4.61. The first-order chi connectivity index (χ1) is 11.9. The summed E-state index contributed by atoms with van der Waals surface area (Å²) in [5, 5.41) is 12.4. The topological polar surface area (TPSA) is 57.3 Å². The molecule has 134 valence electrons. The summed E-state index contributed by atoms with van der Waals surface area (Å²) in [5.74, 6) is 0.879. The van der Waals surface area contributed by atoms with E-state index in [-0.39, 0.29) is 5.91 Å². The van der Waals surface area contributed by atoms with E-state index in [9.17, 15) is 10.1 Å². The molecular formula is C21H30N3O+. The fourth-order valence-corrected chi connectivity index (χ4v) is 3.55. The van der Waals surface area contributed by atoms with Gasteiger partial charge in [0.05, 0.1) is 12.1 Å². The highest BCUT2D eigenvalue weighted by molar-refractivity contribution is 5.78. The molecule has 2 N–H and O–H groups in total. The van der Waals surface area contributed by atoms with Gasteiger partial charge in [-0.15, -0.1) is 0 Å². The highest BCUT2D eigenvalue weighted by atomic mass is 16.2. The van der Waals surface area contributed by atoms with Crippen molar-refractivity contribution < 1.29 is 9.69 Å². The zero-order chi connectivity index (χ0) is 18.0. The lowest BCUT2D eigenvalue weighted by Crippen LogP contribution is -3.13. The third-order valence-corrected chi connectivity index (χ3v) is 5.65. The predicted molar refractivity (Wildman–Crippen MR) is 98.0 cm³/mol. The summed E-state index contributed by atoms with van der Waals surface area (Å²) in [6, 6.07) is 11.7. The molecule has 3 rings (SSSR count). The van der Waals surface area contributed by atoms with Gasteiger partial charge in [0, 0.05) is 18.4 Å². The Morgan fingerprint density at radius 1 is 1.28 bits per heavy atom. The van der Waals surface area contributed by atoms with Crippen LogP contribution >= 0.6 is 0 Å². The number of hydrogen-bond acceptors (Lipinski definition) is 2. The molecule has 2 atom stereocenters. The molecule has 0 bridgehead atoms. The Hall–Kier alpha value is -1.86. The molecule has 1 aromatic rings. The summed E-state index contributed by atoms with van der Waals surface area (Å²) in [6.07, 6.45) is 4.49. The molecule has 0 saturated heterocycles. The molecule has 2 saturated carbocycles. The Bertz CT molecular complexity index is 653. The molecule has 0 spiro atoms. The van der Waals surface area contributed by atoms with Crippen molar-refractivity contribution in [2.75, 3.05) is 6.54 Å². The van der Waals surface area contributed by atoms with Gasteiger partial charge in [-0.2, -0.15) is 5.26 Å². The van der Waals surface area contributed by atoms with E-state index >= 15 is 0 Å². The van der Waals surface area contributed by atoms with Crippen molar-refractivity contribution in [3.63, 3.8) is 0 Å². The summed E-state index contributed by atoms with van der Waals surface area (Å²) in [7, 11) is 0. The van der Waals surface area contributed by atoms with E-state index in [4.69, 9.17) is 0 Å². The second kappa shape index (κ2) is 7.17. The van der Waals surface area contributed by atoms with Crippen LogP contribution in [-0.4, -0.2) is 24.0 Å². The van der Waals surface area contributed by atoms with Gasteiger partial charge >= 0.3 is 0 Å². The molecule has 2 fully saturated rings. The van der Waals surface area contributed by atoms with Gasteiger partial charge in [-0.1, -0.05) is 38.1 Å². The number of nitrogens with zero attached hydrogens (tertiary/aromatic N) is 1. The molecule has 1 unspecified atom stereocenters. The zero-order valence-electron chi connectivity index (χ0n) is 15.6. The Morgan fingerprint density at radius 3 is 2.40 bits per heavy atom. The second-order valence-corrected chi connectivity index (χ2v) is 8.32. The van der Waals surface area contributed by atoms with E-state index in [1.54, 1.807) is 0 Å². The van der Waals surface area contributed by atoms with Crippen LogP contribution in [0.1, 0.15) is 63.5 Å². The summed E-state index contributed by atoms with van der Waals surface area (Å²) in [5.41, 5.74) is 1.94. The first-order valence-electron chi connectivity index (χ1n) is 9.57. The average molecular weight is 340 g/mol. The zero-order valence-corrected chi connectivity index (χ0v) is 15.6. The van der Waals surface area contributed by atoms with Crippen molar-refractivity contribution in [1.82, 2.24) is 5.32 Å². The van der Waals surface area contributed by atoms with Crippen LogP contribution in [0.15, 0.2) is 24.3 Å². The van der Waals surface area contributed by atoms with Crippen molar-refractivity contribution >= 4 is 5.91 Å². The minimum absolute atomic E-state index is 0.0108. The van der Waals surface area contributed by atoms with Gasteiger partial charge in [0.25, 0.3) is 5.91 Å². The summed E-state index contributed by atoms with van der Waals surface area (Å²) >= 11 is 0. The summed E-state index contributed by atoms with van der Waals surface area (Å²) in [6.45, 7) is 7.61. The molecule has 1 amide bonds. The van der Waals surface area contributed by atoms with Gasteiger partial charge in [-0.3, -0.25) is 4.79 Å². The Kier molecular flexibility index (Phi) is 5.15. The molecule has 4 nitrogen and oxygen atoms in total. The highest BCUT2D eigenvalue weighted by Crippen LogP contribution is 2.39. The molecule has 2 aliphatic carbocycles. The number of hydrogen-bond donors (Lipinski definition) is 2. The van der Waals surface area contributed by atoms with Crippen LogP contribution < -0.4 is 10.2 Å². The number of nitriles is 1. The van der Waals surface area contributed by atoms with Crippen LogP contribution in [0, 0.1) is 17.2 Å². The van der Waals surface area contributed by atoms with Gasteiger partial charge in [-0.25, -0.2) is 0 Å². The van der Waals surface area contributed by atoms with Gasteiger partial charge in [0.1, 0.15) is 12.1 Å². The van der Waals surface area contributed by atoms with Crippen LogP contribution in [0.5, 0.6) is 0 Å². The fourth-order valence-electron chi connectivity index (χ4n) is 3.55. The van der Waals surface area contributed by atoms with E-state index in [1.165, 1.54) is 28.9 Å². The van der Waals surface area contributed by atoms with E-state index in [2.05, 4.69) is 49.5 Å².